The molecule has 0 spiro atoms. The molecule has 0 bridgehead atoms. The highest BCUT2D eigenvalue weighted by Gasteiger charge is 2.35. The van der Waals surface area contributed by atoms with Gasteiger partial charge >= 0.3 is 17.9 Å². The first kappa shape index (κ1) is 27.5. The average molecular weight is 559 g/mol. The van der Waals surface area contributed by atoms with Gasteiger partial charge in [0.1, 0.15) is 17.1 Å². The van der Waals surface area contributed by atoms with Gasteiger partial charge in [0.15, 0.2) is 0 Å². The fourth-order valence-corrected chi connectivity index (χ4v) is 5.32. The lowest BCUT2D eigenvalue weighted by Gasteiger charge is -2.36. The largest absolute Gasteiger partial charge is 0.464 e. The summed E-state index contributed by atoms with van der Waals surface area (Å²) in [5.41, 5.74) is 0.571. The van der Waals surface area contributed by atoms with Gasteiger partial charge in [-0.1, -0.05) is 20.8 Å². The molecule has 0 radical (unpaired) electrons. The second-order valence-corrected chi connectivity index (χ2v) is 12.5. The lowest BCUT2D eigenvalue weighted by molar-refractivity contribution is 0.0240. The van der Waals surface area contributed by atoms with Gasteiger partial charge in [0, 0.05) is 38.3 Å². The molecule has 1 saturated heterocycles. The van der Waals surface area contributed by atoms with E-state index in [-0.39, 0.29) is 17.1 Å². The number of halogens is 1. The number of imidazole rings is 1. The van der Waals surface area contributed by atoms with Crippen molar-refractivity contribution in [2.75, 3.05) is 36.5 Å². The van der Waals surface area contributed by atoms with E-state index in [1.807, 2.05) is 35.7 Å². The summed E-state index contributed by atoms with van der Waals surface area (Å²) in [5, 5.41) is 9.31. The third-order valence-electron chi connectivity index (χ3n) is 7.15. The Morgan fingerprint density at radius 1 is 1.00 bits per heavy atom. The van der Waals surface area contributed by atoms with Gasteiger partial charge in [-0.25, -0.2) is 28.6 Å². The van der Waals surface area contributed by atoms with Crippen molar-refractivity contribution < 1.29 is 23.8 Å². The summed E-state index contributed by atoms with van der Waals surface area (Å²) in [7, 11) is 0. The molecule has 0 atom stereocenters. The van der Waals surface area contributed by atoms with Gasteiger partial charge in [0.25, 0.3) is 5.56 Å². The molecular weight excluding hydrogens is 523 g/mol. The summed E-state index contributed by atoms with van der Waals surface area (Å²) in [6, 6.07) is 2.96. The first-order valence-electron chi connectivity index (χ1n) is 13.4. The quantitative estimate of drug-likeness (QED) is 0.503. The summed E-state index contributed by atoms with van der Waals surface area (Å²) in [6.45, 7) is 12.3. The molecule has 40 heavy (non-hydrogen) atoms. The predicted octanol–water partition coefficient (Wildman–Crippen LogP) is 3.47. The topological polar surface area (TPSA) is 131 Å². The SMILES string of the molecule is CC(C)(C)OC(=O)N1CCN(c2cc3c(cc2F)n2c(=O)n(NC(=O)O)c(=O)c(C(C)(C)C)c2n3C2CC2)CC1. The number of carboxylic acid groups (broad SMARTS) is 1. The number of hydrogen-bond donors (Lipinski definition) is 2. The van der Waals surface area contributed by atoms with Crippen LogP contribution in [0.5, 0.6) is 0 Å². The third kappa shape index (κ3) is 4.77. The minimum Gasteiger partial charge on any atom is -0.464 e. The van der Waals surface area contributed by atoms with Gasteiger partial charge in [-0.05, 0) is 45.1 Å². The zero-order valence-corrected chi connectivity index (χ0v) is 23.6. The molecule has 12 nitrogen and oxygen atoms in total. The van der Waals surface area contributed by atoms with Gasteiger partial charge in [-0.15, -0.1) is 0 Å². The maximum Gasteiger partial charge on any atom is 0.424 e. The predicted molar refractivity (Wildman–Crippen MR) is 148 cm³/mol. The normalized spacial score (nSPS) is 16.6. The number of amides is 2. The zero-order chi connectivity index (χ0) is 29.3. The van der Waals surface area contributed by atoms with Gasteiger partial charge in [0.2, 0.25) is 0 Å². The minimum absolute atomic E-state index is 0.0120. The average Bonchev–Trinajstić information content (AvgIpc) is 3.61. The fourth-order valence-electron chi connectivity index (χ4n) is 5.32. The third-order valence-corrected chi connectivity index (χ3v) is 7.15. The van der Waals surface area contributed by atoms with E-state index in [1.54, 1.807) is 31.7 Å². The first-order valence-corrected chi connectivity index (χ1v) is 13.4. The Bertz CT molecular complexity index is 1650. The second kappa shape index (κ2) is 9.27. The zero-order valence-electron chi connectivity index (χ0n) is 23.6. The number of ether oxygens (including phenoxy) is 1. The number of nitrogens with one attached hydrogen (secondary N) is 1. The molecule has 5 rings (SSSR count). The van der Waals surface area contributed by atoms with Gasteiger partial charge in [-0.3, -0.25) is 4.79 Å². The van der Waals surface area contributed by atoms with E-state index < -0.39 is 40.3 Å². The van der Waals surface area contributed by atoms with Crippen LogP contribution in [0.1, 0.15) is 66.0 Å². The Morgan fingerprint density at radius 3 is 2.15 bits per heavy atom. The molecule has 2 fully saturated rings. The highest BCUT2D eigenvalue weighted by molar-refractivity contribution is 5.87. The van der Waals surface area contributed by atoms with Crippen molar-refractivity contribution in [3.63, 3.8) is 0 Å². The van der Waals surface area contributed by atoms with Crippen LogP contribution in [-0.4, -0.2) is 67.6 Å². The number of rotatable bonds is 3. The van der Waals surface area contributed by atoms with Crippen LogP contribution in [0, 0.1) is 5.82 Å². The number of benzene rings is 1. The van der Waals surface area contributed by atoms with E-state index in [4.69, 9.17) is 4.74 Å². The lowest BCUT2D eigenvalue weighted by atomic mass is 9.88. The maximum atomic E-state index is 15.7. The van der Waals surface area contributed by atoms with Crippen molar-refractivity contribution in [3.8, 4) is 0 Å². The highest BCUT2D eigenvalue weighted by atomic mass is 19.1. The summed E-state index contributed by atoms with van der Waals surface area (Å²) >= 11 is 0. The van der Waals surface area contributed by atoms with Crippen molar-refractivity contribution >= 4 is 34.6 Å². The van der Waals surface area contributed by atoms with Crippen LogP contribution in [-0.2, 0) is 10.2 Å². The molecule has 2 amide bonds. The molecule has 216 valence electrons. The Labute approximate surface area is 229 Å². The molecule has 1 aliphatic carbocycles. The van der Waals surface area contributed by atoms with E-state index in [1.165, 1.54) is 10.5 Å². The molecule has 13 heteroatoms. The monoisotopic (exact) mass is 558 g/mol. The van der Waals surface area contributed by atoms with Crippen LogP contribution in [0.15, 0.2) is 21.7 Å². The number of aromatic nitrogens is 3. The molecule has 2 N–H and O–H groups in total. The number of fused-ring (bicyclic) bond motifs is 3. The van der Waals surface area contributed by atoms with E-state index in [9.17, 15) is 24.3 Å². The lowest BCUT2D eigenvalue weighted by Crippen LogP contribution is -2.50. The number of nitrogens with zero attached hydrogens (tertiary/aromatic N) is 5. The molecule has 2 aliphatic rings. The van der Waals surface area contributed by atoms with E-state index in [0.717, 1.165) is 12.8 Å². The van der Waals surface area contributed by atoms with Crippen molar-refractivity contribution in [1.82, 2.24) is 18.5 Å². The standard InChI is InChI=1S/C27H35FN6O6/c1-26(2,3)20-21-32(15-7-8-15)19-14-17(30-9-11-31(12-10-30)25(39)40-27(4,5)6)16(28)13-18(19)33(21)24(38)34(22(20)35)29-23(36)37/h13-15,29H,7-12H2,1-6H3,(H,36,37). The molecule has 1 aromatic carbocycles. The van der Waals surface area contributed by atoms with Crippen LogP contribution in [0.25, 0.3) is 16.7 Å². The second-order valence-electron chi connectivity index (χ2n) is 12.5. The molecule has 3 heterocycles. The van der Waals surface area contributed by atoms with Crippen LogP contribution < -0.4 is 21.6 Å². The molecule has 1 aliphatic heterocycles. The summed E-state index contributed by atoms with van der Waals surface area (Å²) in [5.74, 6) is -0.568. The van der Waals surface area contributed by atoms with Gasteiger partial charge in [0.05, 0.1) is 22.3 Å². The number of piperazine rings is 1. The summed E-state index contributed by atoms with van der Waals surface area (Å²) in [4.78, 5) is 54.4. The van der Waals surface area contributed by atoms with Gasteiger partial charge < -0.3 is 24.2 Å². The molecule has 0 unspecified atom stereocenters. The van der Waals surface area contributed by atoms with Crippen LogP contribution in [0.3, 0.4) is 0 Å². The smallest absolute Gasteiger partial charge is 0.424 e. The van der Waals surface area contributed by atoms with Crippen molar-refractivity contribution in [2.24, 2.45) is 0 Å². The Balaban J connectivity index is 1.66. The maximum absolute atomic E-state index is 15.7. The van der Waals surface area contributed by atoms with Crippen LogP contribution in [0.4, 0.5) is 19.7 Å². The Hall–Kier alpha value is -4.03. The van der Waals surface area contributed by atoms with E-state index in [0.29, 0.717) is 47.7 Å². The van der Waals surface area contributed by atoms with Crippen LogP contribution in [0.2, 0.25) is 0 Å². The van der Waals surface area contributed by atoms with Crippen molar-refractivity contribution in [3.05, 3.63) is 44.4 Å². The highest BCUT2D eigenvalue weighted by Crippen LogP contribution is 2.42. The van der Waals surface area contributed by atoms with E-state index >= 15 is 4.39 Å². The summed E-state index contributed by atoms with van der Waals surface area (Å²) < 4.78 is 24.8. The Kier molecular flexibility index (Phi) is 6.38. The van der Waals surface area contributed by atoms with E-state index in [2.05, 4.69) is 0 Å². The number of hydrogen-bond acceptors (Lipinski definition) is 6. The molecular formula is C27H35FN6O6. The fraction of sp³-hybridized carbons (Fsp3) is 0.556. The number of anilines is 1. The number of carbonyl (C=O) groups excluding carboxylic acids is 1. The molecule has 1 saturated carbocycles. The Morgan fingerprint density at radius 2 is 1.62 bits per heavy atom. The molecule has 2 aromatic heterocycles. The van der Waals surface area contributed by atoms with Crippen LogP contribution >= 0.6 is 0 Å². The van der Waals surface area contributed by atoms with Gasteiger partial charge in [-0.2, -0.15) is 4.68 Å². The van der Waals surface area contributed by atoms with Crippen molar-refractivity contribution in [2.45, 2.75) is 71.4 Å². The molecule has 3 aromatic rings. The van der Waals surface area contributed by atoms with Crippen molar-refractivity contribution in [1.29, 1.82) is 0 Å². The summed E-state index contributed by atoms with van der Waals surface area (Å²) in [6.07, 6.45) is -0.323. The first-order chi connectivity index (χ1) is 18.6. The minimum atomic E-state index is -1.57. The number of carbonyl (C=O) groups is 2.